The van der Waals surface area contributed by atoms with Crippen LogP contribution in [-0.4, -0.2) is 23.7 Å². The Bertz CT molecular complexity index is 776. The molecular weight excluding hydrogens is 364 g/mol. The number of carbonyl (C=O) groups excluding carboxylic acids is 1. The van der Waals surface area contributed by atoms with Crippen molar-refractivity contribution in [1.82, 2.24) is 10.8 Å². The molecule has 2 aromatic carbocycles. The Morgan fingerprint density at radius 1 is 1.11 bits per heavy atom. The molecule has 0 aliphatic heterocycles. The summed E-state index contributed by atoms with van der Waals surface area (Å²) in [6.07, 6.45) is 2.05. The molecule has 2 aromatic rings. The fourth-order valence-electron chi connectivity index (χ4n) is 3.06. The second-order valence-electron chi connectivity index (χ2n) is 6.90. The van der Waals surface area contributed by atoms with E-state index in [0.717, 1.165) is 24.9 Å². The average molecular weight is 391 g/mol. The molecule has 152 valence electrons. The smallest absolute Gasteiger partial charge is 0.265 e. The SMILES string of the molecule is Cc1cc(N[C@H](CCCCNCc2cccc(F)c2)C(=O)NO)cc(C)c1F. The van der Waals surface area contributed by atoms with Gasteiger partial charge in [-0.25, -0.2) is 14.3 Å². The number of nitrogens with one attached hydrogen (secondary N) is 3. The van der Waals surface area contributed by atoms with Gasteiger partial charge in [0.05, 0.1) is 0 Å². The minimum atomic E-state index is -0.627. The van der Waals surface area contributed by atoms with Crippen LogP contribution in [0, 0.1) is 25.5 Å². The fourth-order valence-corrected chi connectivity index (χ4v) is 3.06. The molecule has 7 heteroatoms. The first kappa shape index (κ1) is 21.8. The Kier molecular flexibility index (Phi) is 8.35. The third kappa shape index (κ3) is 6.58. The van der Waals surface area contributed by atoms with Crippen molar-refractivity contribution in [3.8, 4) is 0 Å². The molecule has 4 N–H and O–H groups in total. The van der Waals surface area contributed by atoms with Crippen molar-refractivity contribution in [3.63, 3.8) is 0 Å². The molecule has 2 rings (SSSR count). The molecule has 28 heavy (non-hydrogen) atoms. The van der Waals surface area contributed by atoms with E-state index in [0.29, 0.717) is 29.8 Å². The third-order valence-electron chi connectivity index (χ3n) is 4.52. The lowest BCUT2D eigenvalue weighted by molar-refractivity contribution is -0.130. The van der Waals surface area contributed by atoms with Gasteiger partial charge in [0.1, 0.15) is 17.7 Å². The molecule has 5 nitrogen and oxygen atoms in total. The van der Waals surface area contributed by atoms with Gasteiger partial charge < -0.3 is 10.6 Å². The second kappa shape index (κ2) is 10.7. The van der Waals surface area contributed by atoms with Gasteiger partial charge in [0.2, 0.25) is 0 Å². The van der Waals surface area contributed by atoms with Crippen LogP contribution in [0.15, 0.2) is 36.4 Å². The van der Waals surface area contributed by atoms with Gasteiger partial charge in [0, 0.05) is 12.2 Å². The molecule has 0 fully saturated rings. The molecule has 0 aromatic heterocycles. The molecule has 0 saturated heterocycles. The maximum Gasteiger partial charge on any atom is 0.265 e. The highest BCUT2D eigenvalue weighted by molar-refractivity contribution is 5.83. The van der Waals surface area contributed by atoms with Gasteiger partial charge in [-0.3, -0.25) is 10.0 Å². The highest BCUT2D eigenvalue weighted by Gasteiger charge is 2.18. The van der Waals surface area contributed by atoms with Crippen molar-refractivity contribution >= 4 is 11.6 Å². The van der Waals surface area contributed by atoms with E-state index in [1.54, 1.807) is 37.5 Å². The highest BCUT2D eigenvalue weighted by Crippen LogP contribution is 2.20. The van der Waals surface area contributed by atoms with Gasteiger partial charge in [-0.2, -0.15) is 0 Å². The number of hydrogen-bond donors (Lipinski definition) is 4. The topological polar surface area (TPSA) is 73.4 Å². The van der Waals surface area contributed by atoms with Gasteiger partial charge in [0.25, 0.3) is 5.91 Å². The summed E-state index contributed by atoms with van der Waals surface area (Å²) in [5.41, 5.74) is 4.17. The van der Waals surface area contributed by atoms with E-state index in [9.17, 15) is 13.6 Å². The lowest BCUT2D eigenvalue weighted by Gasteiger charge is -2.19. The van der Waals surface area contributed by atoms with Crippen molar-refractivity contribution < 1.29 is 18.8 Å². The molecule has 1 amide bonds. The van der Waals surface area contributed by atoms with Crippen LogP contribution in [0.5, 0.6) is 0 Å². The minimum Gasteiger partial charge on any atom is -0.374 e. The number of rotatable bonds is 10. The molecule has 0 radical (unpaired) electrons. The number of carbonyl (C=O) groups is 1. The first-order valence-corrected chi connectivity index (χ1v) is 9.33. The highest BCUT2D eigenvalue weighted by atomic mass is 19.1. The summed E-state index contributed by atoms with van der Waals surface area (Å²) in [7, 11) is 0. The number of hydrogen-bond acceptors (Lipinski definition) is 4. The Labute approximate surface area is 164 Å². The van der Waals surface area contributed by atoms with E-state index in [1.807, 2.05) is 6.07 Å². The summed E-state index contributed by atoms with van der Waals surface area (Å²) in [5.74, 6) is -1.06. The Hall–Kier alpha value is -2.51. The van der Waals surface area contributed by atoms with Gasteiger partial charge in [-0.15, -0.1) is 0 Å². The number of aryl methyl sites for hydroxylation is 2. The zero-order valence-corrected chi connectivity index (χ0v) is 16.2. The first-order valence-electron chi connectivity index (χ1n) is 9.33. The lowest BCUT2D eigenvalue weighted by atomic mass is 10.1. The van der Waals surface area contributed by atoms with Crippen molar-refractivity contribution in [1.29, 1.82) is 0 Å². The zero-order chi connectivity index (χ0) is 20.5. The maximum absolute atomic E-state index is 13.8. The number of amides is 1. The van der Waals surface area contributed by atoms with Gasteiger partial charge in [-0.05, 0) is 80.6 Å². The van der Waals surface area contributed by atoms with Crippen molar-refractivity contribution in [2.45, 2.75) is 45.7 Å². The number of benzene rings is 2. The number of hydroxylamine groups is 1. The molecular formula is C21H27F2N3O2. The Morgan fingerprint density at radius 2 is 1.82 bits per heavy atom. The Morgan fingerprint density at radius 3 is 2.46 bits per heavy atom. The monoisotopic (exact) mass is 391 g/mol. The van der Waals surface area contributed by atoms with Gasteiger partial charge in [-0.1, -0.05) is 12.1 Å². The molecule has 0 spiro atoms. The summed E-state index contributed by atoms with van der Waals surface area (Å²) in [4.78, 5) is 11.9. The lowest BCUT2D eigenvalue weighted by Crippen LogP contribution is -2.38. The Balaban J connectivity index is 1.80. The van der Waals surface area contributed by atoms with E-state index < -0.39 is 11.9 Å². The van der Waals surface area contributed by atoms with Crippen molar-refractivity contribution in [3.05, 3.63) is 64.7 Å². The van der Waals surface area contributed by atoms with Crippen molar-refractivity contribution in [2.75, 3.05) is 11.9 Å². The first-order chi connectivity index (χ1) is 13.4. The van der Waals surface area contributed by atoms with Crippen LogP contribution in [0.25, 0.3) is 0 Å². The summed E-state index contributed by atoms with van der Waals surface area (Å²) in [5, 5.41) is 15.3. The second-order valence-corrected chi connectivity index (χ2v) is 6.90. The normalized spacial score (nSPS) is 11.9. The minimum absolute atomic E-state index is 0.255. The molecule has 0 aliphatic carbocycles. The number of halogens is 2. The van der Waals surface area contributed by atoms with Crippen LogP contribution in [-0.2, 0) is 11.3 Å². The molecule has 0 bridgehead atoms. The molecule has 0 aliphatic rings. The zero-order valence-electron chi connectivity index (χ0n) is 16.2. The third-order valence-corrected chi connectivity index (χ3v) is 4.52. The summed E-state index contributed by atoms with van der Waals surface area (Å²) in [6.45, 7) is 4.63. The van der Waals surface area contributed by atoms with E-state index >= 15 is 0 Å². The van der Waals surface area contributed by atoms with Crippen LogP contribution in [0.3, 0.4) is 0 Å². The fraction of sp³-hybridized carbons (Fsp3) is 0.381. The quantitative estimate of drug-likeness (QED) is 0.282. The van der Waals surface area contributed by atoms with Crippen LogP contribution in [0.1, 0.15) is 36.0 Å². The molecule has 0 heterocycles. The predicted molar refractivity (Wildman–Crippen MR) is 105 cm³/mol. The van der Waals surface area contributed by atoms with Gasteiger partial charge in [0.15, 0.2) is 0 Å². The molecule has 0 unspecified atom stereocenters. The van der Waals surface area contributed by atoms with Crippen LogP contribution < -0.4 is 16.1 Å². The molecule has 1 atom stereocenters. The number of anilines is 1. The van der Waals surface area contributed by atoms with Crippen LogP contribution >= 0.6 is 0 Å². The molecule has 0 saturated carbocycles. The van der Waals surface area contributed by atoms with E-state index in [2.05, 4.69) is 10.6 Å². The number of unbranched alkanes of at least 4 members (excludes halogenated alkanes) is 1. The summed E-state index contributed by atoms with van der Waals surface area (Å²) < 4.78 is 26.9. The van der Waals surface area contributed by atoms with Crippen molar-refractivity contribution in [2.24, 2.45) is 0 Å². The average Bonchev–Trinajstić information content (AvgIpc) is 2.67. The largest absolute Gasteiger partial charge is 0.374 e. The maximum atomic E-state index is 13.8. The van der Waals surface area contributed by atoms with E-state index in [4.69, 9.17) is 5.21 Å². The van der Waals surface area contributed by atoms with E-state index in [-0.39, 0.29) is 11.6 Å². The van der Waals surface area contributed by atoms with Crippen LogP contribution in [0.2, 0.25) is 0 Å². The van der Waals surface area contributed by atoms with Crippen LogP contribution in [0.4, 0.5) is 14.5 Å². The predicted octanol–water partition coefficient (Wildman–Crippen LogP) is 3.83. The summed E-state index contributed by atoms with van der Waals surface area (Å²) >= 11 is 0. The standard InChI is InChI=1S/C21H27F2N3O2/c1-14-10-18(11-15(2)20(14)23)25-19(21(27)26-28)8-3-4-9-24-13-16-6-5-7-17(22)12-16/h5-7,10-12,19,24-25,28H,3-4,8-9,13H2,1-2H3,(H,26,27)/t19-/m1/s1. The van der Waals surface area contributed by atoms with E-state index in [1.165, 1.54) is 12.1 Å². The summed E-state index contributed by atoms with van der Waals surface area (Å²) in [6, 6.07) is 9.08. The van der Waals surface area contributed by atoms with Gasteiger partial charge >= 0.3 is 0 Å².